The lowest BCUT2D eigenvalue weighted by atomic mass is 9.71. The van der Waals surface area contributed by atoms with Gasteiger partial charge in [0, 0.05) is 44.3 Å². The zero-order valence-corrected chi connectivity index (χ0v) is 21.8. The highest BCUT2D eigenvalue weighted by Crippen LogP contribution is 2.39. The van der Waals surface area contributed by atoms with Gasteiger partial charge >= 0.3 is 0 Å². The van der Waals surface area contributed by atoms with Gasteiger partial charge < -0.3 is 14.4 Å². The van der Waals surface area contributed by atoms with E-state index >= 15 is 0 Å². The normalized spacial score (nSPS) is 40.1. The second-order valence-corrected chi connectivity index (χ2v) is 12.2. The van der Waals surface area contributed by atoms with Gasteiger partial charge in [0.15, 0.2) is 0 Å². The second kappa shape index (κ2) is 11.2. The van der Waals surface area contributed by atoms with Crippen molar-refractivity contribution in [3.63, 3.8) is 0 Å². The molecule has 4 unspecified atom stereocenters. The SMILES string of the molecule is CC[C@@H]1COCCN1C(CCC(C)C1CN2CCC1CC2)CCC(C)N1C[C@H]2CC[C@@H](C1)O2. The van der Waals surface area contributed by atoms with Crippen LogP contribution in [0.2, 0.25) is 0 Å². The molecule has 7 atom stereocenters. The lowest BCUT2D eigenvalue weighted by molar-refractivity contribution is -0.0559. The first-order valence-corrected chi connectivity index (χ1v) is 14.6. The van der Waals surface area contributed by atoms with Crippen molar-refractivity contribution < 1.29 is 9.47 Å². The van der Waals surface area contributed by atoms with E-state index in [4.69, 9.17) is 9.47 Å². The topological polar surface area (TPSA) is 28.2 Å². The van der Waals surface area contributed by atoms with Crippen LogP contribution < -0.4 is 0 Å². The number of hydrogen-bond donors (Lipinski definition) is 0. The van der Waals surface area contributed by atoms with E-state index in [-0.39, 0.29) is 0 Å². The molecule has 0 N–H and O–H groups in total. The lowest BCUT2D eigenvalue weighted by Crippen LogP contribution is -2.52. The first-order chi connectivity index (χ1) is 16.1. The zero-order valence-electron chi connectivity index (χ0n) is 21.8. The van der Waals surface area contributed by atoms with Crippen molar-refractivity contribution in [1.82, 2.24) is 14.7 Å². The number of ether oxygens (including phenoxy) is 2. The molecular formula is C28H51N3O2. The zero-order chi connectivity index (χ0) is 22.8. The van der Waals surface area contributed by atoms with Crippen molar-refractivity contribution in [2.24, 2.45) is 17.8 Å². The summed E-state index contributed by atoms with van der Waals surface area (Å²) in [6.07, 6.45) is 13.2. The van der Waals surface area contributed by atoms with Crippen LogP contribution in [0.25, 0.3) is 0 Å². The van der Waals surface area contributed by atoms with Gasteiger partial charge in [0.1, 0.15) is 0 Å². The predicted octanol–water partition coefficient (Wildman–Crippen LogP) is 4.26. The molecule has 0 aromatic carbocycles. The Morgan fingerprint density at radius 2 is 1.58 bits per heavy atom. The van der Waals surface area contributed by atoms with Crippen LogP contribution in [0, 0.1) is 17.8 Å². The maximum Gasteiger partial charge on any atom is 0.0707 e. The maximum absolute atomic E-state index is 6.10. The molecule has 6 rings (SSSR count). The van der Waals surface area contributed by atoms with Crippen LogP contribution in [-0.4, -0.2) is 97.5 Å². The molecule has 4 bridgehead atoms. The van der Waals surface area contributed by atoms with E-state index in [1.165, 1.54) is 77.4 Å². The minimum absolute atomic E-state index is 0.508. The van der Waals surface area contributed by atoms with Crippen molar-refractivity contribution in [2.75, 3.05) is 52.5 Å². The standard InChI is InChI=1S/C28H51N3O2/c1-4-24-20-32-16-15-31(24)25(7-5-21(2)28-19-29-13-11-23(28)12-14-29)8-6-22(3)30-17-26-9-10-27(18-30)33-26/h21-28H,4-20H2,1-3H3/t21?,22?,24-,25?,26-,27+,28?/m1/s1. The third kappa shape index (κ3) is 5.80. The molecule has 0 aromatic heterocycles. The largest absolute Gasteiger partial charge is 0.378 e. The molecule has 0 spiro atoms. The molecule has 6 fully saturated rings. The summed E-state index contributed by atoms with van der Waals surface area (Å²) in [5.41, 5.74) is 0. The molecule has 0 amide bonds. The molecule has 5 heteroatoms. The van der Waals surface area contributed by atoms with E-state index in [9.17, 15) is 0 Å². The van der Waals surface area contributed by atoms with Gasteiger partial charge in [-0.25, -0.2) is 0 Å². The number of hydrogen-bond acceptors (Lipinski definition) is 5. The molecule has 190 valence electrons. The Balaban J connectivity index is 1.18. The predicted molar refractivity (Wildman–Crippen MR) is 135 cm³/mol. The molecule has 6 aliphatic rings. The van der Waals surface area contributed by atoms with Crippen LogP contribution >= 0.6 is 0 Å². The number of piperidine rings is 3. The lowest BCUT2D eigenvalue weighted by Gasteiger charge is -2.48. The van der Waals surface area contributed by atoms with Crippen LogP contribution in [0.3, 0.4) is 0 Å². The Hall–Kier alpha value is -0.200. The number of nitrogens with zero attached hydrogens (tertiary/aromatic N) is 3. The number of morpholine rings is 2. The Morgan fingerprint density at radius 1 is 0.848 bits per heavy atom. The molecule has 33 heavy (non-hydrogen) atoms. The highest BCUT2D eigenvalue weighted by atomic mass is 16.5. The molecule has 6 aliphatic heterocycles. The van der Waals surface area contributed by atoms with Crippen molar-refractivity contribution in [3.8, 4) is 0 Å². The van der Waals surface area contributed by atoms with Gasteiger partial charge in [-0.3, -0.25) is 9.80 Å². The van der Waals surface area contributed by atoms with E-state index in [1.54, 1.807) is 0 Å². The fourth-order valence-corrected chi connectivity index (χ4v) is 7.92. The van der Waals surface area contributed by atoms with Gasteiger partial charge in [0.25, 0.3) is 0 Å². The number of fused-ring (bicyclic) bond motifs is 5. The summed E-state index contributed by atoms with van der Waals surface area (Å²) >= 11 is 0. The highest BCUT2D eigenvalue weighted by Gasteiger charge is 2.38. The summed E-state index contributed by atoms with van der Waals surface area (Å²) in [4.78, 5) is 8.35. The monoisotopic (exact) mass is 461 g/mol. The van der Waals surface area contributed by atoms with Gasteiger partial charge in [-0.05, 0) is 95.6 Å². The van der Waals surface area contributed by atoms with Gasteiger partial charge in [-0.1, -0.05) is 13.8 Å². The Morgan fingerprint density at radius 3 is 2.24 bits per heavy atom. The molecular weight excluding hydrogens is 410 g/mol. The molecule has 0 aromatic rings. The quantitative estimate of drug-likeness (QED) is 0.485. The van der Waals surface area contributed by atoms with E-state index < -0.39 is 0 Å². The summed E-state index contributed by atoms with van der Waals surface area (Å²) in [5, 5.41) is 0. The van der Waals surface area contributed by atoms with E-state index in [0.717, 1.165) is 56.6 Å². The molecule has 6 saturated heterocycles. The van der Waals surface area contributed by atoms with Gasteiger partial charge in [0.05, 0.1) is 25.4 Å². The summed E-state index contributed by atoms with van der Waals surface area (Å²) in [6, 6.07) is 2.02. The summed E-state index contributed by atoms with van der Waals surface area (Å²) in [5.74, 6) is 2.82. The van der Waals surface area contributed by atoms with Crippen LogP contribution in [0.1, 0.15) is 78.6 Å². The highest BCUT2D eigenvalue weighted by molar-refractivity contribution is 4.91. The summed E-state index contributed by atoms with van der Waals surface area (Å²) < 4.78 is 12.0. The van der Waals surface area contributed by atoms with Crippen LogP contribution in [0.4, 0.5) is 0 Å². The third-order valence-corrected chi connectivity index (χ3v) is 10.2. The van der Waals surface area contributed by atoms with Crippen molar-refractivity contribution in [2.45, 2.75) is 109 Å². The molecule has 5 nitrogen and oxygen atoms in total. The smallest absolute Gasteiger partial charge is 0.0707 e. The maximum atomic E-state index is 6.10. The van der Waals surface area contributed by atoms with Crippen molar-refractivity contribution in [1.29, 1.82) is 0 Å². The fourth-order valence-electron chi connectivity index (χ4n) is 7.92. The van der Waals surface area contributed by atoms with Crippen LogP contribution in [0.5, 0.6) is 0 Å². The van der Waals surface area contributed by atoms with Crippen molar-refractivity contribution in [3.05, 3.63) is 0 Å². The third-order valence-electron chi connectivity index (χ3n) is 10.2. The Bertz CT molecular complexity index is 598. The first-order valence-electron chi connectivity index (χ1n) is 14.6. The molecule has 6 heterocycles. The fraction of sp³-hybridized carbons (Fsp3) is 1.00. The minimum Gasteiger partial charge on any atom is -0.378 e. The minimum atomic E-state index is 0.508. The van der Waals surface area contributed by atoms with Gasteiger partial charge in [-0.15, -0.1) is 0 Å². The Labute approximate surface area is 203 Å². The summed E-state index contributed by atoms with van der Waals surface area (Å²) in [6.45, 7) is 16.8. The van der Waals surface area contributed by atoms with Crippen molar-refractivity contribution >= 4 is 0 Å². The van der Waals surface area contributed by atoms with E-state index in [2.05, 4.69) is 35.5 Å². The molecule has 0 aliphatic carbocycles. The van der Waals surface area contributed by atoms with Gasteiger partial charge in [-0.2, -0.15) is 0 Å². The van der Waals surface area contributed by atoms with E-state index in [0.29, 0.717) is 24.3 Å². The Kier molecular flexibility index (Phi) is 8.34. The van der Waals surface area contributed by atoms with Crippen LogP contribution in [-0.2, 0) is 9.47 Å². The average Bonchev–Trinajstić information content (AvgIpc) is 3.21. The van der Waals surface area contributed by atoms with Crippen LogP contribution in [0.15, 0.2) is 0 Å². The number of rotatable bonds is 10. The number of likely N-dealkylation sites (tertiary alicyclic amines) is 1. The molecule has 0 radical (unpaired) electrons. The molecule has 0 saturated carbocycles. The average molecular weight is 462 g/mol. The summed E-state index contributed by atoms with van der Waals surface area (Å²) in [7, 11) is 0. The second-order valence-electron chi connectivity index (χ2n) is 12.2. The van der Waals surface area contributed by atoms with Gasteiger partial charge in [0.2, 0.25) is 0 Å². The first kappa shape index (κ1) is 24.5. The van der Waals surface area contributed by atoms with E-state index in [1.807, 2.05) is 0 Å².